The number of nitrogens with zero attached hydrogens (tertiary/aromatic N) is 2. The number of phenols is 1. The van der Waals surface area contributed by atoms with Crippen LogP contribution in [0, 0.1) is 0 Å². The van der Waals surface area contributed by atoms with Crippen LogP contribution in [0.4, 0.5) is 0 Å². The minimum Gasteiger partial charge on any atom is -0.508 e. The molecule has 1 aromatic heterocycles. The Kier molecular flexibility index (Phi) is 5.08. The van der Waals surface area contributed by atoms with Crippen LogP contribution in [0.15, 0.2) is 59.1 Å². The highest BCUT2D eigenvalue weighted by Gasteiger charge is 2.50. The van der Waals surface area contributed by atoms with Gasteiger partial charge >= 0.3 is 0 Å². The Morgan fingerprint density at radius 2 is 1.65 bits per heavy atom. The molecule has 26 heavy (non-hydrogen) atoms. The van der Waals surface area contributed by atoms with Crippen molar-refractivity contribution in [2.24, 2.45) is 0 Å². The van der Waals surface area contributed by atoms with E-state index in [1.165, 1.54) is 0 Å². The van der Waals surface area contributed by atoms with E-state index in [9.17, 15) is 5.11 Å². The summed E-state index contributed by atoms with van der Waals surface area (Å²) in [4.78, 5) is 2.21. The molecule has 4 rings (SSSR count). The van der Waals surface area contributed by atoms with Gasteiger partial charge in [0.15, 0.2) is 5.76 Å². The second-order valence-electron chi connectivity index (χ2n) is 7.17. The lowest BCUT2D eigenvalue weighted by Gasteiger charge is -2.19. The summed E-state index contributed by atoms with van der Waals surface area (Å²) in [5, 5.41) is 14.0. The van der Waals surface area contributed by atoms with Crippen LogP contribution < -0.4 is 0 Å². The summed E-state index contributed by atoms with van der Waals surface area (Å²) in [6.45, 7) is 0.955. The molecule has 0 radical (unpaired) electrons. The Morgan fingerprint density at radius 1 is 1.00 bits per heavy atom. The Labute approximate surface area is 159 Å². The van der Waals surface area contributed by atoms with E-state index in [1.54, 1.807) is 12.1 Å². The standard InChI is InChI=1S/C21H22N2O2.ClH/c1-23(2)14-21(12-13-21)20-18(15-6-4-3-5-7-15)19(22-25-20)16-8-10-17(24)11-9-16;/h3-11,24H,12-14H2,1-2H3;1H. The largest absolute Gasteiger partial charge is 0.508 e. The van der Waals surface area contributed by atoms with E-state index in [-0.39, 0.29) is 23.6 Å². The smallest absolute Gasteiger partial charge is 0.152 e. The fourth-order valence-electron chi connectivity index (χ4n) is 3.55. The molecule has 1 N–H and O–H groups in total. The second-order valence-corrected chi connectivity index (χ2v) is 7.17. The molecule has 0 spiro atoms. The van der Waals surface area contributed by atoms with Gasteiger partial charge in [-0.1, -0.05) is 35.5 Å². The van der Waals surface area contributed by atoms with Crippen molar-refractivity contribution in [3.8, 4) is 28.1 Å². The van der Waals surface area contributed by atoms with Gasteiger partial charge in [0, 0.05) is 17.5 Å². The molecule has 1 aliphatic rings. The zero-order valence-corrected chi connectivity index (χ0v) is 15.8. The topological polar surface area (TPSA) is 49.5 Å². The first kappa shape index (κ1) is 18.5. The zero-order chi connectivity index (χ0) is 17.4. The van der Waals surface area contributed by atoms with Gasteiger partial charge in [-0.05, 0) is 56.8 Å². The van der Waals surface area contributed by atoms with Gasteiger partial charge in [0.25, 0.3) is 0 Å². The molecular weight excluding hydrogens is 348 g/mol. The fraction of sp³-hybridized carbons (Fsp3) is 0.286. The lowest BCUT2D eigenvalue weighted by molar-refractivity contribution is 0.299. The van der Waals surface area contributed by atoms with Gasteiger partial charge in [-0.25, -0.2) is 0 Å². The molecule has 2 aromatic carbocycles. The van der Waals surface area contributed by atoms with Crippen LogP contribution in [0.3, 0.4) is 0 Å². The molecule has 0 atom stereocenters. The van der Waals surface area contributed by atoms with Crippen molar-refractivity contribution >= 4 is 12.4 Å². The minimum atomic E-state index is 0. The minimum absolute atomic E-state index is 0. The van der Waals surface area contributed by atoms with Gasteiger partial charge in [-0.2, -0.15) is 0 Å². The Bertz CT molecular complexity index is 869. The summed E-state index contributed by atoms with van der Waals surface area (Å²) >= 11 is 0. The fourth-order valence-corrected chi connectivity index (χ4v) is 3.55. The average Bonchev–Trinajstić information content (AvgIpc) is 3.23. The summed E-state index contributed by atoms with van der Waals surface area (Å²) in [6, 6.07) is 17.4. The molecule has 0 aliphatic heterocycles. The predicted octanol–water partition coefficient (Wildman–Crippen LogP) is 4.73. The highest BCUT2D eigenvalue weighted by molar-refractivity contribution is 5.85. The van der Waals surface area contributed by atoms with Gasteiger partial charge < -0.3 is 14.5 Å². The molecular formula is C21H23ClN2O2. The van der Waals surface area contributed by atoms with Crippen molar-refractivity contribution in [1.82, 2.24) is 10.1 Å². The van der Waals surface area contributed by atoms with Crippen molar-refractivity contribution in [2.45, 2.75) is 18.3 Å². The van der Waals surface area contributed by atoms with Crippen molar-refractivity contribution in [3.63, 3.8) is 0 Å². The molecule has 0 bridgehead atoms. The Balaban J connectivity index is 0.00000196. The first-order chi connectivity index (χ1) is 12.1. The third-order valence-electron chi connectivity index (χ3n) is 4.85. The maximum Gasteiger partial charge on any atom is 0.152 e. The lowest BCUT2D eigenvalue weighted by Crippen LogP contribution is -2.26. The molecule has 1 saturated carbocycles. The number of aromatic nitrogens is 1. The van der Waals surface area contributed by atoms with Crippen molar-refractivity contribution in [1.29, 1.82) is 0 Å². The summed E-state index contributed by atoms with van der Waals surface area (Å²) < 4.78 is 5.92. The molecule has 1 fully saturated rings. The van der Waals surface area contributed by atoms with Crippen molar-refractivity contribution < 1.29 is 9.63 Å². The summed E-state index contributed by atoms with van der Waals surface area (Å²) in [5.41, 5.74) is 4.03. The quantitative estimate of drug-likeness (QED) is 0.705. The maximum absolute atomic E-state index is 9.58. The highest BCUT2D eigenvalue weighted by atomic mass is 35.5. The van der Waals surface area contributed by atoms with Gasteiger partial charge in [-0.15, -0.1) is 12.4 Å². The lowest BCUT2D eigenvalue weighted by atomic mass is 9.91. The van der Waals surface area contributed by atoms with Crippen molar-refractivity contribution in [3.05, 3.63) is 60.4 Å². The number of halogens is 1. The summed E-state index contributed by atoms with van der Waals surface area (Å²) in [6.07, 6.45) is 2.24. The number of likely N-dealkylation sites (N-methyl/N-ethyl adjacent to an activating group) is 1. The molecule has 4 nitrogen and oxygen atoms in total. The third kappa shape index (κ3) is 3.35. The number of phenolic OH excluding ortho intramolecular Hbond substituents is 1. The Morgan fingerprint density at radius 3 is 2.23 bits per heavy atom. The first-order valence-corrected chi connectivity index (χ1v) is 8.59. The number of hydrogen-bond donors (Lipinski definition) is 1. The van der Waals surface area contributed by atoms with Crippen molar-refractivity contribution in [2.75, 3.05) is 20.6 Å². The number of aromatic hydroxyl groups is 1. The van der Waals surface area contributed by atoms with Crippen LogP contribution in [0.1, 0.15) is 18.6 Å². The van der Waals surface area contributed by atoms with Crippen LogP contribution >= 0.6 is 12.4 Å². The molecule has 1 heterocycles. The summed E-state index contributed by atoms with van der Waals surface area (Å²) in [5.74, 6) is 1.23. The van der Waals surface area contributed by atoms with Crippen LogP contribution in [-0.4, -0.2) is 35.8 Å². The second kappa shape index (κ2) is 7.14. The molecule has 136 valence electrons. The van der Waals surface area contributed by atoms with Gasteiger partial charge in [-0.3, -0.25) is 0 Å². The molecule has 1 aliphatic carbocycles. The van der Waals surface area contributed by atoms with Crippen LogP contribution in [0.25, 0.3) is 22.4 Å². The monoisotopic (exact) mass is 370 g/mol. The van der Waals surface area contributed by atoms with Gasteiger partial charge in [0.1, 0.15) is 11.4 Å². The van der Waals surface area contributed by atoms with Crippen LogP contribution in [0.2, 0.25) is 0 Å². The predicted molar refractivity (Wildman–Crippen MR) is 106 cm³/mol. The molecule has 0 unspecified atom stereocenters. The van der Waals surface area contributed by atoms with E-state index in [1.807, 2.05) is 30.3 Å². The number of benzene rings is 2. The van der Waals surface area contributed by atoms with Crippen LogP contribution in [0.5, 0.6) is 5.75 Å². The van der Waals surface area contributed by atoms with Crippen LogP contribution in [-0.2, 0) is 5.41 Å². The normalized spacial score (nSPS) is 14.9. The van der Waals surface area contributed by atoms with Gasteiger partial charge in [0.2, 0.25) is 0 Å². The summed E-state index contributed by atoms with van der Waals surface area (Å²) in [7, 11) is 4.19. The first-order valence-electron chi connectivity index (χ1n) is 8.59. The van der Waals surface area contributed by atoms with E-state index in [0.29, 0.717) is 0 Å². The zero-order valence-electron chi connectivity index (χ0n) is 15.0. The molecule has 0 saturated heterocycles. The number of hydrogen-bond acceptors (Lipinski definition) is 4. The highest BCUT2D eigenvalue weighted by Crippen LogP contribution is 2.53. The van der Waals surface area contributed by atoms with E-state index < -0.39 is 0 Å². The third-order valence-corrected chi connectivity index (χ3v) is 4.85. The maximum atomic E-state index is 9.58. The van der Waals surface area contributed by atoms with E-state index in [2.05, 4.69) is 36.3 Å². The van der Waals surface area contributed by atoms with E-state index in [4.69, 9.17) is 4.52 Å². The van der Waals surface area contributed by atoms with E-state index >= 15 is 0 Å². The molecule has 5 heteroatoms. The number of rotatable bonds is 5. The molecule has 3 aromatic rings. The van der Waals surface area contributed by atoms with E-state index in [0.717, 1.165) is 47.5 Å². The molecule has 0 amide bonds. The SMILES string of the molecule is CN(C)CC1(c2onc(-c3ccc(O)cc3)c2-c2ccccc2)CC1.Cl. The average molecular weight is 371 g/mol. The van der Waals surface area contributed by atoms with Gasteiger partial charge in [0.05, 0.1) is 5.56 Å². The Hall–Kier alpha value is -2.30.